The minimum atomic E-state index is -1.25. The molecule has 5 atom stereocenters. The van der Waals surface area contributed by atoms with Crippen LogP contribution in [0.3, 0.4) is 0 Å². The fourth-order valence-electron chi connectivity index (χ4n) is 5.67. The van der Waals surface area contributed by atoms with Crippen LogP contribution in [0.5, 0.6) is 11.5 Å². The molecule has 0 saturated carbocycles. The smallest absolute Gasteiger partial charge is 0.250 e. The summed E-state index contributed by atoms with van der Waals surface area (Å²) in [6.45, 7) is -0.0719. The topological polar surface area (TPSA) is 124 Å². The number of imide groups is 1. The predicted molar refractivity (Wildman–Crippen MR) is 154 cm³/mol. The minimum Gasteiger partial charge on any atom is -0.497 e. The number of carbonyl (C=O) groups excluding carboxylic acids is 2. The first-order valence-electron chi connectivity index (χ1n) is 13.9. The predicted octanol–water partition coefficient (Wildman–Crippen LogP) is 3.11. The lowest BCUT2D eigenvalue weighted by Gasteiger charge is -2.37. The molecule has 220 valence electrons. The summed E-state index contributed by atoms with van der Waals surface area (Å²) < 4.78 is 23.8. The lowest BCUT2D eigenvalue weighted by atomic mass is 9.80. The third kappa shape index (κ3) is 5.96. The number of hydrogen-bond donors (Lipinski definition) is 3. The summed E-state index contributed by atoms with van der Waals surface area (Å²) in [5, 5.41) is 24.3. The van der Waals surface area contributed by atoms with E-state index in [9.17, 15) is 19.8 Å². The van der Waals surface area contributed by atoms with Crippen molar-refractivity contribution in [3.8, 4) is 11.5 Å². The lowest BCUT2D eigenvalue weighted by molar-refractivity contribution is -0.128. The van der Waals surface area contributed by atoms with Crippen molar-refractivity contribution in [2.24, 2.45) is 5.92 Å². The number of hydrogen-bond acceptors (Lipinski definition) is 8. The molecule has 3 aromatic carbocycles. The first-order chi connectivity index (χ1) is 20.3. The Morgan fingerprint density at radius 1 is 0.833 bits per heavy atom. The molecule has 2 aliphatic rings. The minimum absolute atomic E-state index is 0.0719. The van der Waals surface area contributed by atoms with Crippen LogP contribution in [0.4, 0.5) is 0 Å². The van der Waals surface area contributed by atoms with Gasteiger partial charge in [-0.1, -0.05) is 60.7 Å². The summed E-state index contributed by atoms with van der Waals surface area (Å²) >= 11 is 0. The zero-order chi connectivity index (χ0) is 29.7. The van der Waals surface area contributed by atoms with Crippen LogP contribution in [0.2, 0.25) is 0 Å². The van der Waals surface area contributed by atoms with E-state index in [1.165, 1.54) is 6.08 Å². The summed E-state index contributed by atoms with van der Waals surface area (Å²) in [6, 6.07) is 24.9. The molecule has 0 radical (unpaired) electrons. The molecule has 9 nitrogen and oxygen atoms in total. The Hall–Kier alpha value is -4.02. The van der Waals surface area contributed by atoms with Crippen molar-refractivity contribution in [2.75, 3.05) is 20.8 Å². The van der Waals surface area contributed by atoms with Crippen LogP contribution in [0.25, 0.3) is 0 Å². The quantitative estimate of drug-likeness (QED) is 0.264. The molecule has 9 heteroatoms. The van der Waals surface area contributed by atoms with Gasteiger partial charge in [0.25, 0.3) is 0 Å². The van der Waals surface area contributed by atoms with Gasteiger partial charge in [0.15, 0.2) is 0 Å². The molecule has 1 saturated heterocycles. The van der Waals surface area contributed by atoms with E-state index >= 15 is 0 Å². The van der Waals surface area contributed by atoms with E-state index in [1.807, 2.05) is 78.9 Å². The van der Waals surface area contributed by atoms with Crippen molar-refractivity contribution in [1.82, 2.24) is 5.32 Å². The number of carbonyl (C=O) groups is 2. The highest BCUT2D eigenvalue weighted by atomic mass is 16.6. The van der Waals surface area contributed by atoms with Crippen molar-refractivity contribution in [3.05, 3.63) is 108 Å². The Bertz CT molecular complexity index is 1340. The first-order valence-corrected chi connectivity index (χ1v) is 13.9. The molecule has 0 bridgehead atoms. The largest absolute Gasteiger partial charge is 0.497 e. The number of rotatable bonds is 9. The highest BCUT2D eigenvalue weighted by molar-refractivity contribution is 6.01. The normalized spacial score (nSPS) is 25.3. The molecule has 2 heterocycles. The second-order valence-corrected chi connectivity index (χ2v) is 10.4. The highest BCUT2D eigenvalue weighted by Gasteiger charge is 2.47. The second kappa shape index (κ2) is 12.9. The monoisotopic (exact) mass is 573 g/mol. The number of aliphatic hydroxyl groups is 2. The molecule has 0 spiro atoms. The van der Waals surface area contributed by atoms with Crippen LogP contribution in [-0.2, 0) is 24.7 Å². The Kier molecular flexibility index (Phi) is 9.03. The molecule has 42 heavy (non-hydrogen) atoms. The fourth-order valence-corrected chi connectivity index (χ4v) is 5.67. The van der Waals surface area contributed by atoms with Crippen LogP contribution in [0, 0.1) is 5.92 Å². The average molecular weight is 574 g/mol. The SMILES string of the molecule is COc1ccc(C(OC[C@H]2O[C@@H](C3/C=C\C(=O)NC(=O)CC3)C(O)C2O)(c2ccccc2)c2ccc(OC)cc2)cc1. The van der Waals surface area contributed by atoms with Crippen molar-refractivity contribution < 1.29 is 38.7 Å². The maximum Gasteiger partial charge on any atom is 0.250 e. The number of ether oxygens (including phenoxy) is 4. The summed E-state index contributed by atoms with van der Waals surface area (Å²) in [6.07, 6.45) is -0.863. The van der Waals surface area contributed by atoms with Gasteiger partial charge in [0.1, 0.15) is 35.4 Å². The van der Waals surface area contributed by atoms with Crippen LogP contribution < -0.4 is 14.8 Å². The zero-order valence-corrected chi connectivity index (χ0v) is 23.5. The van der Waals surface area contributed by atoms with Gasteiger partial charge in [0.05, 0.1) is 26.9 Å². The summed E-state index contributed by atoms with van der Waals surface area (Å²) in [4.78, 5) is 23.9. The van der Waals surface area contributed by atoms with Gasteiger partial charge < -0.3 is 29.2 Å². The average Bonchev–Trinajstić information content (AvgIpc) is 3.30. The standard InChI is InChI=1S/C33H35NO8/c1-39-25-14-10-23(11-15-25)33(22-6-4-3-5-7-22,24-12-16-26(40-2)17-13-24)41-20-27-30(37)31(38)32(42-27)21-8-18-28(35)34-29(36)19-9-21/h3-8,10-18,21,27,30-32,37-38H,9,19-20H2,1-2H3,(H,34,35,36)/b18-8-/t21?,27-,30?,31?,32+/m1/s1. The number of benzene rings is 3. The van der Waals surface area contributed by atoms with Gasteiger partial charge in [-0.25, -0.2) is 0 Å². The maximum atomic E-state index is 12.0. The van der Waals surface area contributed by atoms with Gasteiger partial charge in [-0.2, -0.15) is 0 Å². The molecular weight excluding hydrogens is 538 g/mol. The summed E-state index contributed by atoms with van der Waals surface area (Å²) in [7, 11) is 3.21. The lowest BCUT2D eigenvalue weighted by Crippen LogP contribution is -2.40. The van der Waals surface area contributed by atoms with Gasteiger partial charge >= 0.3 is 0 Å². The van der Waals surface area contributed by atoms with E-state index < -0.39 is 47.7 Å². The Balaban J connectivity index is 1.50. The van der Waals surface area contributed by atoms with Gasteiger partial charge in [0.2, 0.25) is 11.8 Å². The number of nitrogens with one attached hydrogen (secondary N) is 1. The summed E-state index contributed by atoms with van der Waals surface area (Å²) in [5.74, 6) is 0.0144. The number of methoxy groups -OCH3 is 2. The third-order valence-electron chi connectivity index (χ3n) is 7.92. The molecule has 1 fully saturated rings. The van der Waals surface area contributed by atoms with Crippen molar-refractivity contribution in [1.29, 1.82) is 0 Å². The van der Waals surface area contributed by atoms with E-state index in [0.717, 1.165) is 16.7 Å². The van der Waals surface area contributed by atoms with E-state index in [-0.39, 0.29) is 13.0 Å². The van der Waals surface area contributed by atoms with Gasteiger partial charge in [0, 0.05) is 12.3 Å². The van der Waals surface area contributed by atoms with E-state index in [0.29, 0.717) is 17.9 Å². The van der Waals surface area contributed by atoms with Crippen molar-refractivity contribution >= 4 is 11.8 Å². The molecule has 0 aliphatic carbocycles. The highest BCUT2D eigenvalue weighted by Crippen LogP contribution is 2.42. The van der Waals surface area contributed by atoms with Gasteiger partial charge in [-0.05, 0) is 53.5 Å². The molecular formula is C33H35NO8. The van der Waals surface area contributed by atoms with Crippen molar-refractivity contribution in [3.63, 3.8) is 0 Å². The van der Waals surface area contributed by atoms with E-state index in [4.69, 9.17) is 18.9 Å². The molecule has 3 unspecified atom stereocenters. The van der Waals surface area contributed by atoms with E-state index in [2.05, 4.69) is 5.32 Å². The first kappa shape index (κ1) is 29.5. The van der Waals surface area contributed by atoms with Crippen LogP contribution in [0.15, 0.2) is 91.0 Å². The number of amides is 2. The van der Waals surface area contributed by atoms with Crippen LogP contribution >= 0.6 is 0 Å². The molecule has 3 aromatic rings. The molecule has 3 N–H and O–H groups in total. The van der Waals surface area contributed by atoms with E-state index in [1.54, 1.807) is 20.3 Å². The van der Waals surface area contributed by atoms with Gasteiger partial charge in [-0.15, -0.1) is 0 Å². The third-order valence-corrected chi connectivity index (χ3v) is 7.92. The van der Waals surface area contributed by atoms with Crippen LogP contribution in [-0.4, -0.2) is 67.3 Å². The second-order valence-electron chi connectivity index (χ2n) is 10.4. The van der Waals surface area contributed by atoms with Crippen LogP contribution in [0.1, 0.15) is 29.5 Å². The Labute approximate surface area is 244 Å². The molecule has 2 amide bonds. The maximum absolute atomic E-state index is 12.0. The fraction of sp³-hybridized carbons (Fsp3) is 0.333. The van der Waals surface area contributed by atoms with Gasteiger partial charge in [-0.3, -0.25) is 14.9 Å². The Morgan fingerprint density at radius 3 is 1.98 bits per heavy atom. The summed E-state index contributed by atoms with van der Waals surface area (Å²) in [5.41, 5.74) is 1.35. The zero-order valence-electron chi connectivity index (χ0n) is 23.5. The molecule has 5 rings (SSSR count). The number of aliphatic hydroxyl groups excluding tert-OH is 2. The molecule has 2 aliphatic heterocycles. The Morgan fingerprint density at radius 2 is 1.40 bits per heavy atom. The molecule has 0 aromatic heterocycles. The van der Waals surface area contributed by atoms with Crippen molar-refractivity contribution in [2.45, 2.75) is 42.9 Å².